The third kappa shape index (κ3) is 4.03. The number of anilines is 1. The maximum Gasteiger partial charge on any atom is 0.268 e. The van der Waals surface area contributed by atoms with E-state index in [-0.39, 0.29) is 5.91 Å². The van der Waals surface area contributed by atoms with E-state index < -0.39 is 6.10 Å². The van der Waals surface area contributed by atoms with Gasteiger partial charge in [-0.15, -0.1) is 0 Å². The molecule has 1 aliphatic heterocycles. The summed E-state index contributed by atoms with van der Waals surface area (Å²) < 4.78 is 16.1. The fraction of sp³-hybridized carbons (Fsp3) is 0.333. The average molecular weight is 384 g/mol. The van der Waals surface area contributed by atoms with E-state index in [1.807, 2.05) is 24.3 Å². The lowest BCUT2D eigenvalue weighted by Crippen LogP contribution is -2.28. The molecule has 1 N–H and O–H groups in total. The first-order chi connectivity index (χ1) is 13.6. The van der Waals surface area contributed by atoms with Gasteiger partial charge in [0.2, 0.25) is 11.9 Å². The fourth-order valence-corrected chi connectivity index (χ4v) is 2.98. The number of ether oxygens (including phenoxy) is 3. The number of hydrogen-bond acceptors (Lipinski definition) is 6. The van der Waals surface area contributed by atoms with E-state index in [9.17, 15) is 4.79 Å². The van der Waals surface area contributed by atoms with Crippen LogP contribution in [-0.4, -0.2) is 39.1 Å². The normalized spacial score (nSPS) is 15.4. The minimum atomic E-state index is -0.694. The zero-order valence-electron chi connectivity index (χ0n) is 16.4. The molecule has 1 unspecified atom stereocenters. The number of methoxy groups -OCH3 is 3. The van der Waals surface area contributed by atoms with E-state index >= 15 is 0 Å². The monoisotopic (exact) mass is 384 g/mol. The Morgan fingerprint density at radius 1 is 1.11 bits per heavy atom. The number of nitrogens with zero attached hydrogens (tertiary/aromatic N) is 1. The predicted molar refractivity (Wildman–Crippen MR) is 107 cm³/mol. The van der Waals surface area contributed by atoms with Gasteiger partial charge in [-0.25, -0.2) is 0 Å². The molecular weight excluding hydrogens is 360 g/mol. The highest BCUT2D eigenvalue weighted by Gasteiger charge is 2.30. The smallest absolute Gasteiger partial charge is 0.268 e. The van der Waals surface area contributed by atoms with E-state index in [0.29, 0.717) is 29.4 Å². The van der Waals surface area contributed by atoms with E-state index in [0.717, 1.165) is 17.7 Å². The second-order valence-electron chi connectivity index (χ2n) is 6.29. The number of carbonyl (C=O) groups is 1. The Labute approximate surface area is 164 Å². The highest BCUT2D eigenvalue weighted by Crippen LogP contribution is 2.39. The number of hydrogen-bond donors (Lipinski definition) is 1. The van der Waals surface area contributed by atoms with Gasteiger partial charge in [0.25, 0.3) is 5.91 Å². The summed E-state index contributed by atoms with van der Waals surface area (Å²) in [4.78, 5) is 17.9. The van der Waals surface area contributed by atoms with Crippen LogP contribution in [0.4, 0.5) is 5.69 Å². The predicted octanol–water partition coefficient (Wildman–Crippen LogP) is 3.41. The molecule has 0 fully saturated rings. The van der Waals surface area contributed by atoms with Crippen molar-refractivity contribution in [2.24, 2.45) is 5.16 Å². The number of amides is 1. The Bertz CT molecular complexity index is 852. The Morgan fingerprint density at radius 2 is 1.75 bits per heavy atom. The van der Waals surface area contributed by atoms with Crippen molar-refractivity contribution in [3.63, 3.8) is 0 Å². The molecule has 0 radical (unpaired) electrons. The summed E-state index contributed by atoms with van der Waals surface area (Å²) in [6, 6.07) is 11.3. The molecule has 2 aromatic carbocycles. The summed E-state index contributed by atoms with van der Waals surface area (Å²) in [5.74, 6) is 1.29. The largest absolute Gasteiger partial charge is 0.493 e. The van der Waals surface area contributed by atoms with Gasteiger partial charge < -0.3 is 24.4 Å². The maximum atomic E-state index is 12.5. The molecule has 3 rings (SSSR count). The molecule has 0 saturated carbocycles. The molecule has 0 bridgehead atoms. The molecule has 1 amide bonds. The third-order valence-corrected chi connectivity index (χ3v) is 4.59. The number of rotatable bonds is 7. The van der Waals surface area contributed by atoms with Crippen molar-refractivity contribution < 1.29 is 23.8 Å². The van der Waals surface area contributed by atoms with E-state index in [1.54, 1.807) is 33.5 Å². The Kier molecular flexibility index (Phi) is 6.03. The lowest BCUT2D eigenvalue weighted by molar-refractivity contribution is -0.125. The van der Waals surface area contributed by atoms with Gasteiger partial charge in [0.15, 0.2) is 11.5 Å². The number of benzene rings is 2. The highest BCUT2D eigenvalue weighted by molar-refractivity contribution is 6.06. The first kappa shape index (κ1) is 19.5. The van der Waals surface area contributed by atoms with Crippen LogP contribution in [0.15, 0.2) is 41.6 Å². The summed E-state index contributed by atoms with van der Waals surface area (Å²) in [5, 5.41) is 6.95. The minimum absolute atomic E-state index is 0.240. The third-order valence-electron chi connectivity index (χ3n) is 4.59. The molecule has 0 saturated heterocycles. The number of nitrogens with one attached hydrogen (secondary N) is 1. The lowest BCUT2D eigenvalue weighted by Gasteiger charge is -2.14. The molecule has 148 valence electrons. The highest BCUT2D eigenvalue weighted by atomic mass is 16.6. The van der Waals surface area contributed by atoms with Gasteiger partial charge in [0.1, 0.15) is 0 Å². The van der Waals surface area contributed by atoms with Crippen molar-refractivity contribution >= 4 is 17.3 Å². The fourth-order valence-electron chi connectivity index (χ4n) is 2.98. The Hall–Kier alpha value is -3.22. The van der Waals surface area contributed by atoms with Gasteiger partial charge in [-0.1, -0.05) is 24.2 Å². The summed E-state index contributed by atoms with van der Waals surface area (Å²) in [6.45, 7) is 2.09. The zero-order chi connectivity index (χ0) is 20.1. The van der Waals surface area contributed by atoms with Crippen LogP contribution in [0.3, 0.4) is 0 Å². The van der Waals surface area contributed by atoms with Gasteiger partial charge >= 0.3 is 0 Å². The van der Waals surface area contributed by atoms with Crippen LogP contribution < -0.4 is 19.5 Å². The van der Waals surface area contributed by atoms with Gasteiger partial charge in [-0.05, 0) is 36.2 Å². The van der Waals surface area contributed by atoms with Crippen LogP contribution in [0, 0.1) is 0 Å². The summed E-state index contributed by atoms with van der Waals surface area (Å²) in [5.41, 5.74) is 3.33. The SMILES string of the molecule is CCc1ccc(NC(=O)C2CC(c3cc(OC)c(OC)c(OC)c3)=NO2)cc1. The van der Waals surface area contributed by atoms with Gasteiger partial charge in [0.05, 0.1) is 27.0 Å². The first-order valence-corrected chi connectivity index (χ1v) is 9.02. The molecule has 7 nitrogen and oxygen atoms in total. The molecule has 2 aromatic rings. The summed E-state index contributed by atoms with van der Waals surface area (Å²) in [6.07, 6.45) is 0.601. The topological polar surface area (TPSA) is 78.4 Å². The van der Waals surface area contributed by atoms with E-state index in [1.165, 1.54) is 5.56 Å². The van der Waals surface area contributed by atoms with Crippen molar-refractivity contribution in [1.29, 1.82) is 0 Å². The molecular formula is C21H24N2O5. The van der Waals surface area contributed by atoms with Crippen LogP contribution in [0.5, 0.6) is 17.2 Å². The van der Waals surface area contributed by atoms with Crippen LogP contribution in [-0.2, 0) is 16.1 Å². The summed E-state index contributed by atoms with van der Waals surface area (Å²) in [7, 11) is 4.64. The van der Waals surface area contributed by atoms with E-state index in [2.05, 4.69) is 17.4 Å². The van der Waals surface area contributed by atoms with Gasteiger partial charge in [0, 0.05) is 17.7 Å². The van der Waals surface area contributed by atoms with Crippen molar-refractivity contribution in [1.82, 2.24) is 0 Å². The quantitative estimate of drug-likeness (QED) is 0.792. The molecule has 1 heterocycles. The van der Waals surface area contributed by atoms with Crippen molar-refractivity contribution in [3.05, 3.63) is 47.5 Å². The maximum absolute atomic E-state index is 12.5. The van der Waals surface area contributed by atoms with Crippen LogP contribution in [0.25, 0.3) is 0 Å². The van der Waals surface area contributed by atoms with Crippen molar-refractivity contribution in [2.45, 2.75) is 25.9 Å². The molecule has 1 aliphatic rings. The lowest BCUT2D eigenvalue weighted by atomic mass is 10.0. The number of aryl methyl sites for hydroxylation is 1. The molecule has 28 heavy (non-hydrogen) atoms. The number of oxime groups is 1. The second kappa shape index (κ2) is 8.65. The minimum Gasteiger partial charge on any atom is -0.493 e. The standard InChI is InChI=1S/C21H24N2O5/c1-5-13-6-8-15(9-7-13)22-21(24)19-12-16(23-28-19)14-10-17(25-2)20(27-4)18(11-14)26-3/h6-11,19H,5,12H2,1-4H3,(H,22,24). The van der Waals surface area contributed by atoms with Crippen molar-refractivity contribution in [2.75, 3.05) is 26.6 Å². The number of carbonyl (C=O) groups excluding carboxylic acids is 1. The first-order valence-electron chi connectivity index (χ1n) is 9.02. The van der Waals surface area contributed by atoms with Crippen molar-refractivity contribution in [3.8, 4) is 17.2 Å². The molecule has 0 spiro atoms. The summed E-state index contributed by atoms with van der Waals surface area (Å²) >= 11 is 0. The van der Waals surface area contributed by atoms with Crippen LogP contribution >= 0.6 is 0 Å². The molecule has 0 aliphatic carbocycles. The molecule has 7 heteroatoms. The van der Waals surface area contributed by atoms with Crippen LogP contribution in [0.1, 0.15) is 24.5 Å². The molecule has 1 atom stereocenters. The van der Waals surface area contributed by atoms with Gasteiger partial charge in [-0.3, -0.25) is 4.79 Å². The second-order valence-corrected chi connectivity index (χ2v) is 6.29. The Morgan fingerprint density at radius 3 is 2.29 bits per heavy atom. The van der Waals surface area contributed by atoms with E-state index in [4.69, 9.17) is 19.0 Å². The van der Waals surface area contributed by atoms with Gasteiger partial charge in [-0.2, -0.15) is 0 Å². The zero-order valence-corrected chi connectivity index (χ0v) is 16.4. The Balaban J connectivity index is 1.71. The van der Waals surface area contributed by atoms with Crippen LogP contribution in [0.2, 0.25) is 0 Å². The average Bonchev–Trinajstić information content (AvgIpc) is 3.23. The molecule has 0 aromatic heterocycles.